The zero-order valence-electron chi connectivity index (χ0n) is 16.3. The first-order chi connectivity index (χ1) is 13.8. The lowest BCUT2D eigenvalue weighted by Gasteiger charge is -2.23. The molecule has 0 aromatic carbocycles. The van der Waals surface area contributed by atoms with Crippen LogP contribution in [0.4, 0.5) is 0 Å². The molecule has 7 heteroatoms. The van der Waals surface area contributed by atoms with E-state index in [1.807, 2.05) is 4.57 Å². The average Bonchev–Trinajstić information content (AvgIpc) is 3.37. The summed E-state index contributed by atoms with van der Waals surface area (Å²) >= 11 is 3.43. The Morgan fingerprint density at radius 3 is 2.68 bits per heavy atom. The molecule has 0 unspecified atom stereocenters. The van der Waals surface area contributed by atoms with Crippen LogP contribution in [0.2, 0.25) is 0 Å². The third kappa shape index (κ3) is 3.78. The number of thiophene rings is 1. The van der Waals surface area contributed by atoms with Crippen molar-refractivity contribution in [3.63, 3.8) is 0 Å². The third-order valence-corrected chi connectivity index (χ3v) is 8.42. The molecule has 3 aliphatic rings. The predicted molar refractivity (Wildman–Crippen MR) is 114 cm³/mol. The van der Waals surface area contributed by atoms with Crippen LogP contribution >= 0.6 is 23.1 Å². The summed E-state index contributed by atoms with van der Waals surface area (Å²) in [6.45, 7) is 2.29. The van der Waals surface area contributed by atoms with E-state index < -0.39 is 0 Å². The molecule has 0 radical (unpaired) electrons. The van der Waals surface area contributed by atoms with Crippen molar-refractivity contribution < 1.29 is 9.47 Å². The zero-order valence-corrected chi connectivity index (χ0v) is 17.9. The van der Waals surface area contributed by atoms with Crippen molar-refractivity contribution in [2.75, 3.05) is 19.0 Å². The van der Waals surface area contributed by atoms with Crippen LogP contribution < -0.4 is 5.56 Å². The van der Waals surface area contributed by atoms with Gasteiger partial charge in [0.05, 0.1) is 24.1 Å². The highest BCUT2D eigenvalue weighted by atomic mass is 32.2. The van der Waals surface area contributed by atoms with Crippen molar-refractivity contribution in [1.29, 1.82) is 0 Å². The van der Waals surface area contributed by atoms with Gasteiger partial charge in [-0.25, -0.2) is 4.98 Å². The van der Waals surface area contributed by atoms with Crippen LogP contribution in [-0.4, -0.2) is 40.7 Å². The van der Waals surface area contributed by atoms with Gasteiger partial charge in [-0.3, -0.25) is 9.36 Å². The summed E-state index contributed by atoms with van der Waals surface area (Å²) in [5, 5.41) is 1.73. The number of thioether (sulfide) groups is 1. The Balaban J connectivity index is 1.50. The molecule has 0 saturated carbocycles. The van der Waals surface area contributed by atoms with E-state index in [0.717, 1.165) is 72.9 Å². The summed E-state index contributed by atoms with van der Waals surface area (Å²) in [4.78, 5) is 20.9. The molecule has 2 saturated heterocycles. The van der Waals surface area contributed by atoms with E-state index in [4.69, 9.17) is 14.5 Å². The Morgan fingerprint density at radius 1 is 1.04 bits per heavy atom. The highest BCUT2D eigenvalue weighted by molar-refractivity contribution is 7.99. The van der Waals surface area contributed by atoms with Crippen molar-refractivity contribution in [1.82, 2.24) is 9.55 Å². The largest absolute Gasteiger partial charge is 0.377 e. The number of rotatable bonds is 5. The van der Waals surface area contributed by atoms with E-state index in [0.29, 0.717) is 6.54 Å². The molecular weight excluding hydrogens is 392 g/mol. The smallest absolute Gasteiger partial charge is 0.263 e. The number of hydrogen-bond acceptors (Lipinski definition) is 6. The minimum atomic E-state index is 0.136. The molecule has 2 fully saturated rings. The average molecular weight is 421 g/mol. The monoisotopic (exact) mass is 420 g/mol. The summed E-state index contributed by atoms with van der Waals surface area (Å²) in [6, 6.07) is 0. The maximum absolute atomic E-state index is 13.6. The van der Waals surface area contributed by atoms with Crippen LogP contribution in [0.3, 0.4) is 0 Å². The van der Waals surface area contributed by atoms with Gasteiger partial charge < -0.3 is 9.47 Å². The Morgan fingerprint density at radius 2 is 1.86 bits per heavy atom. The lowest BCUT2D eigenvalue weighted by Crippen LogP contribution is -2.29. The second-order valence-corrected chi connectivity index (χ2v) is 10.2. The first kappa shape index (κ1) is 19.1. The number of hydrogen-bond donors (Lipinski definition) is 0. The molecule has 0 bridgehead atoms. The van der Waals surface area contributed by atoms with Gasteiger partial charge in [0.25, 0.3) is 5.56 Å². The molecule has 0 N–H and O–H groups in total. The number of aromatic nitrogens is 2. The molecule has 2 aromatic heterocycles. The van der Waals surface area contributed by atoms with E-state index in [-0.39, 0.29) is 17.8 Å². The van der Waals surface area contributed by atoms with Crippen LogP contribution in [0, 0.1) is 0 Å². The van der Waals surface area contributed by atoms with Crippen LogP contribution in [0.15, 0.2) is 9.95 Å². The summed E-state index contributed by atoms with van der Waals surface area (Å²) < 4.78 is 13.7. The minimum absolute atomic E-state index is 0.136. The molecule has 2 atom stereocenters. The van der Waals surface area contributed by atoms with Crippen molar-refractivity contribution >= 4 is 33.3 Å². The van der Waals surface area contributed by atoms with Gasteiger partial charge in [0.1, 0.15) is 4.83 Å². The van der Waals surface area contributed by atoms with Crippen molar-refractivity contribution in [3.05, 3.63) is 20.8 Å². The molecule has 28 heavy (non-hydrogen) atoms. The second-order valence-electron chi connectivity index (χ2n) is 8.14. The molecular formula is C21H28N2O3S2. The molecule has 2 aromatic rings. The predicted octanol–water partition coefficient (Wildman–Crippen LogP) is 4.18. The van der Waals surface area contributed by atoms with Gasteiger partial charge in [0.2, 0.25) is 0 Å². The van der Waals surface area contributed by atoms with Crippen LogP contribution in [-0.2, 0) is 28.9 Å². The fraction of sp³-hybridized carbons (Fsp3) is 0.714. The molecule has 1 aliphatic carbocycles. The van der Waals surface area contributed by atoms with E-state index in [9.17, 15) is 4.79 Å². The molecule has 5 nitrogen and oxygen atoms in total. The molecule has 5 rings (SSSR count). The van der Waals surface area contributed by atoms with E-state index >= 15 is 0 Å². The number of fused-ring (bicyclic) bond motifs is 3. The topological polar surface area (TPSA) is 53.3 Å². The van der Waals surface area contributed by atoms with E-state index in [1.54, 1.807) is 23.1 Å². The highest BCUT2D eigenvalue weighted by Crippen LogP contribution is 2.35. The van der Waals surface area contributed by atoms with Crippen LogP contribution in [0.5, 0.6) is 0 Å². The van der Waals surface area contributed by atoms with Gasteiger partial charge in [0.15, 0.2) is 5.16 Å². The highest BCUT2D eigenvalue weighted by Gasteiger charge is 2.25. The number of aryl methyl sites for hydroxylation is 2. The molecule has 0 amide bonds. The number of nitrogens with zero attached hydrogens (tertiary/aromatic N) is 2. The Bertz CT molecular complexity index is 895. The van der Waals surface area contributed by atoms with Crippen molar-refractivity contribution in [3.8, 4) is 0 Å². The maximum atomic E-state index is 13.6. The molecule has 152 valence electrons. The summed E-state index contributed by atoms with van der Waals surface area (Å²) in [6.07, 6.45) is 10.6. The summed E-state index contributed by atoms with van der Waals surface area (Å²) in [5.41, 5.74) is 1.42. The van der Waals surface area contributed by atoms with Gasteiger partial charge >= 0.3 is 0 Å². The Labute approximate surface area is 173 Å². The molecule has 2 aliphatic heterocycles. The van der Waals surface area contributed by atoms with Crippen LogP contribution in [0.1, 0.15) is 55.4 Å². The van der Waals surface area contributed by atoms with Crippen molar-refractivity contribution in [2.45, 2.75) is 81.7 Å². The van der Waals surface area contributed by atoms with E-state index in [1.165, 1.54) is 29.7 Å². The van der Waals surface area contributed by atoms with Gasteiger partial charge in [-0.15, -0.1) is 11.3 Å². The van der Waals surface area contributed by atoms with Crippen molar-refractivity contribution in [2.24, 2.45) is 0 Å². The Hall–Kier alpha value is -0.890. The quantitative estimate of drug-likeness (QED) is 0.537. The normalized spacial score (nSPS) is 25.3. The standard InChI is InChI=1S/C21H28N2O3S2/c24-20-18-16-8-1-2-9-17(16)28-19(18)22-21(23(20)12-14-7-5-11-25-14)27-13-15-6-3-4-10-26-15/h14-15H,1-13H2/t14-,15-/m0/s1. The zero-order chi connectivity index (χ0) is 18.9. The van der Waals surface area contributed by atoms with Gasteiger partial charge in [-0.05, 0) is 63.4 Å². The lowest BCUT2D eigenvalue weighted by atomic mass is 9.97. The van der Waals surface area contributed by atoms with Gasteiger partial charge in [-0.1, -0.05) is 11.8 Å². The van der Waals surface area contributed by atoms with E-state index in [2.05, 4.69) is 0 Å². The minimum Gasteiger partial charge on any atom is -0.377 e. The van der Waals surface area contributed by atoms with Gasteiger partial charge in [-0.2, -0.15) is 0 Å². The fourth-order valence-corrected chi connectivity index (χ4v) is 6.97. The first-order valence-electron chi connectivity index (χ1n) is 10.7. The second kappa shape index (κ2) is 8.46. The SMILES string of the molecule is O=c1c2c3c(sc2nc(SC[C@@H]2CCCCO2)n1C[C@@H]1CCCO1)CCCC3. The third-order valence-electron chi connectivity index (χ3n) is 6.12. The van der Waals surface area contributed by atoms with Crippen LogP contribution in [0.25, 0.3) is 10.2 Å². The molecule has 4 heterocycles. The van der Waals surface area contributed by atoms with Gasteiger partial charge in [0, 0.05) is 23.8 Å². The maximum Gasteiger partial charge on any atom is 0.263 e. The summed E-state index contributed by atoms with van der Waals surface area (Å²) in [5.74, 6) is 0.870. The first-order valence-corrected chi connectivity index (χ1v) is 12.5. The lowest BCUT2D eigenvalue weighted by molar-refractivity contribution is 0.0315. The fourth-order valence-electron chi connectivity index (χ4n) is 4.59. The Kier molecular flexibility index (Phi) is 5.77. The number of ether oxygens (including phenoxy) is 2. The molecule has 0 spiro atoms. The summed E-state index contributed by atoms with van der Waals surface area (Å²) in [7, 11) is 0.